The van der Waals surface area contributed by atoms with Crippen molar-refractivity contribution in [2.24, 2.45) is 0 Å². The number of methoxy groups -OCH3 is 1. The first-order valence-corrected chi connectivity index (χ1v) is 10.6. The fraction of sp³-hybridized carbons (Fsp3) is 0.391. The van der Waals surface area contributed by atoms with E-state index in [1.807, 2.05) is 30.5 Å². The van der Waals surface area contributed by atoms with Gasteiger partial charge in [-0.1, -0.05) is 33.8 Å². The maximum Gasteiger partial charge on any atom is 0.295 e. The van der Waals surface area contributed by atoms with E-state index < -0.39 is 17.7 Å². The number of rotatable bonds is 5. The summed E-state index contributed by atoms with van der Waals surface area (Å²) in [6.07, 6.45) is 0.728. The van der Waals surface area contributed by atoms with Gasteiger partial charge in [-0.15, -0.1) is 11.3 Å². The summed E-state index contributed by atoms with van der Waals surface area (Å²) in [5.41, 5.74) is 1.35. The van der Waals surface area contributed by atoms with Gasteiger partial charge in [-0.25, -0.2) is 0 Å². The quantitative estimate of drug-likeness (QED) is 0.431. The minimum Gasteiger partial charge on any atom is -0.507 e. The molecule has 0 saturated carbocycles. The van der Waals surface area contributed by atoms with Gasteiger partial charge in [0.25, 0.3) is 11.7 Å². The van der Waals surface area contributed by atoms with Crippen molar-refractivity contribution in [3.05, 3.63) is 57.3 Å². The highest BCUT2D eigenvalue weighted by atomic mass is 32.1. The van der Waals surface area contributed by atoms with Crippen molar-refractivity contribution in [1.82, 2.24) is 4.90 Å². The number of Topliss-reactive ketones (excluding diaryl/α,β-unsaturated/α-hetero) is 1. The predicted octanol–water partition coefficient (Wildman–Crippen LogP) is 4.89. The first-order valence-electron chi connectivity index (χ1n) is 9.71. The van der Waals surface area contributed by atoms with Crippen molar-refractivity contribution >= 4 is 28.8 Å². The van der Waals surface area contributed by atoms with E-state index in [2.05, 4.69) is 20.8 Å². The summed E-state index contributed by atoms with van der Waals surface area (Å²) >= 11 is 1.47. The fourth-order valence-corrected chi connectivity index (χ4v) is 4.54. The van der Waals surface area contributed by atoms with Crippen LogP contribution in [0, 0.1) is 0 Å². The number of benzene rings is 1. The third-order valence-electron chi connectivity index (χ3n) is 5.10. The second-order valence-electron chi connectivity index (χ2n) is 8.17. The van der Waals surface area contributed by atoms with Crippen molar-refractivity contribution in [2.75, 3.05) is 13.7 Å². The summed E-state index contributed by atoms with van der Waals surface area (Å²) in [6, 6.07) is 8.57. The standard InChI is InChI=1S/C23H27NO4S/c1-6-11-24-19(17-8-7-12-29-17)18(21(26)22(24)27)20(25)14-9-10-16(28-5)15(13-14)23(2,3)4/h7-10,12-13,19,25H,6,11H2,1-5H3/b20-18-. The van der Waals surface area contributed by atoms with Gasteiger partial charge in [0.2, 0.25) is 0 Å². The van der Waals surface area contributed by atoms with E-state index in [1.54, 1.807) is 24.1 Å². The molecule has 1 aromatic heterocycles. The minimum atomic E-state index is -0.637. The SMILES string of the molecule is CCCN1C(=O)C(=O)/C(=C(\O)c2ccc(OC)c(C(C)(C)C)c2)C1c1cccs1. The van der Waals surface area contributed by atoms with Crippen LogP contribution in [0.1, 0.15) is 56.2 Å². The average Bonchev–Trinajstić information content (AvgIpc) is 3.29. The highest BCUT2D eigenvalue weighted by Gasteiger charge is 2.46. The van der Waals surface area contributed by atoms with Gasteiger partial charge in [-0.2, -0.15) is 0 Å². The highest BCUT2D eigenvalue weighted by Crippen LogP contribution is 2.42. The summed E-state index contributed by atoms with van der Waals surface area (Å²) in [5.74, 6) is -0.623. The second-order valence-corrected chi connectivity index (χ2v) is 9.15. The zero-order valence-electron chi connectivity index (χ0n) is 17.5. The number of aliphatic hydroxyl groups is 1. The molecule has 1 amide bonds. The molecule has 0 bridgehead atoms. The van der Waals surface area contributed by atoms with E-state index in [-0.39, 0.29) is 16.7 Å². The largest absolute Gasteiger partial charge is 0.507 e. The van der Waals surface area contributed by atoms with Crippen molar-refractivity contribution < 1.29 is 19.4 Å². The van der Waals surface area contributed by atoms with E-state index in [0.717, 1.165) is 22.6 Å². The molecular weight excluding hydrogens is 386 g/mol. The molecular formula is C23H27NO4S. The molecule has 2 aromatic rings. The molecule has 2 heterocycles. The van der Waals surface area contributed by atoms with Crippen molar-refractivity contribution in [3.8, 4) is 5.75 Å². The molecule has 1 aromatic carbocycles. The maximum atomic E-state index is 12.9. The molecule has 1 aliphatic rings. The molecule has 1 aliphatic heterocycles. The van der Waals surface area contributed by atoms with Crippen LogP contribution in [0.5, 0.6) is 5.75 Å². The molecule has 1 fully saturated rings. The monoisotopic (exact) mass is 413 g/mol. The lowest BCUT2D eigenvalue weighted by Gasteiger charge is -2.24. The summed E-state index contributed by atoms with van der Waals surface area (Å²) in [7, 11) is 1.61. The van der Waals surface area contributed by atoms with Gasteiger partial charge < -0.3 is 14.7 Å². The Morgan fingerprint density at radius 2 is 1.97 bits per heavy atom. The molecule has 154 valence electrons. The number of carbonyl (C=O) groups excluding carboxylic acids is 2. The lowest BCUT2D eigenvalue weighted by atomic mass is 9.84. The summed E-state index contributed by atoms with van der Waals surface area (Å²) in [6.45, 7) is 8.59. The smallest absolute Gasteiger partial charge is 0.295 e. The Labute approximate surface area is 175 Å². The molecule has 0 spiro atoms. The van der Waals surface area contributed by atoms with Crippen LogP contribution in [0.2, 0.25) is 0 Å². The molecule has 29 heavy (non-hydrogen) atoms. The van der Waals surface area contributed by atoms with Gasteiger partial charge in [-0.3, -0.25) is 9.59 Å². The van der Waals surface area contributed by atoms with E-state index in [0.29, 0.717) is 12.1 Å². The van der Waals surface area contributed by atoms with E-state index in [9.17, 15) is 14.7 Å². The van der Waals surface area contributed by atoms with Gasteiger partial charge in [-0.05, 0) is 41.5 Å². The molecule has 1 saturated heterocycles. The number of ketones is 1. The number of likely N-dealkylation sites (tertiary alicyclic amines) is 1. The predicted molar refractivity (Wildman–Crippen MR) is 115 cm³/mol. The van der Waals surface area contributed by atoms with Crippen LogP contribution in [-0.4, -0.2) is 35.4 Å². The van der Waals surface area contributed by atoms with Gasteiger partial charge in [0.15, 0.2) is 0 Å². The maximum absolute atomic E-state index is 12.9. The van der Waals surface area contributed by atoms with Crippen LogP contribution in [0.15, 0.2) is 41.3 Å². The third kappa shape index (κ3) is 3.81. The Kier molecular flexibility index (Phi) is 5.85. The minimum absolute atomic E-state index is 0.145. The molecule has 3 rings (SSSR count). The second kappa shape index (κ2) is 8.03. The number of hydrogen-bond acceptors (Lipinski definition) is 5. The zero-order chi connectivity index (χ0) is 21.3. The van der Waals surface area contributed by atoms with Crippen LogP contribution in [-0.2, 0) is 15.0 Å². The van der Waals surface area contributed by atoms with Crippen LogP contribution >= 0.6 is 11.3 Å². The fourth-order valence-electron chi connectivity index (χ4n) is 3.69. The molecule has 1 unspecified atom stereocenters. The van der Waals surface area contributed by atoms with Gasteiger partial charge in [0, 0.05) is 22.5 Å². The summed E-state index contributed by atoms with van der Waals surface area (Å²) < 4.78 is 5.47. The topological polar surface area (TPSA) is 66.8 Å². The number of amides is 1. The zero-order valence-corrected chi connectivity index (χ0v) is 18.3. The Morgan fingerprint density at radius 1 is 1.24 bits per heavy atom. The van der Waals surface area contributed by atoms with Crippen LogP contribution in [0.4, 0.5) is 0 Å². The molecule has 0 radical (unpaired) electrons. The highest BCUT2D eigenvalue weighted by molar-refractivity contribution is 7.10. The van der Waals surface area contributed by atoms with E-state index >= 15 is 0 Å². The van der Waals surface area contributed by atoms with E-state index in [4.69, 9.17) is 4.74 Å². The molecule has 6 heteroatoms. The van der Waals surface area contributed by atoms with Crippen LogP contribution in [0.3, 0.4) is 0 Å². The lowest BCUT2D eigenvalue weighted by molar-refractivity contribution is -0.139. The van der Waals surface area contributed by atoms with Gasteiger partial charge >= 0.3 is 0 Å². The Bertz CT molecular complexity index is 954. The normalized spacial score (nSPS) is 19.1. The molecule has 0 aliphatic carbocycles. The summed E-state index contributed by atoms with van der Waals surface area (Å²) in [4.78, 5) is 28.0. The van der Waals surface area contributed by atoms with Crippen molar-refractivity contribution in [2.45, 2.75) is 45.6 Å². The molecule has 1 N–H and O–H groups in total. The Hall–Kier alpha value is -2.60. The number of ether oxygens (including phenoxy) is 1. The number of carbonyl (C=O) groups is 2. The number of thiophene rings is 1. The Morgan fingerprint density at radius 3 is 2.52 bits per heavy atom. The van der Waals surface area contributed by atoms with Crippen molar-refractivity contribution in [1.29, 1.82) is 0 Å². The van der Waals surface area contributed by atoms with Crippen LogP contribution in [0.25, 0.3) is 5.76 Å². The lowest BCUT2D eigenvalue weighted by Crippen LogP contribution is -2.30. The van der Waals surface area contributed by atoms with Crippen LogP contribution < -0.4 is 4.74 Å². The first-order chi connectivity index (χ1) is 13.7. The van der Waals surface area contributed by atoms with E-state index in [1.165, 1.54) is 11.3 Å². The molecule has 1 atom stereocenters. The Balaban J connectivity index is 2.20. The molecule has 5 nitrogen and oxygen atoms in total. The number of nitrogens with zero attached hydrogens (tertiary/aromatic N) is 1. The average molecular weight is 414 g/mol. The van der Waals surface area contributed by atoms with Gasteiger partial charge in [0.05, 0.1) is 18.7 Å². The first kappa shape index (κ1) is 21.1. The third-order valence-corrected chi connectivity index (χ3v) is 6.02. The number of hydrogen-bond donors (Lipinski definition) is 1. The van der Waals surface area contributed by atoms with Crippen molar-refractivity contribution in [3.63, 3.8) is 0 Å². The number of aliphatic hydroxyl groups excluding tert-OH is 1. The summed E-state index contributed by atoms with van der Waals surface area (Å²) in [5, 5.41) is 13.1. The van der Waals surface area contributed by atoms with Gasteiger partial charge in [0.1, 0.15) is 11.5 Å².